The van der Waals surface area contributed by atoms with E-state index in [1.54, 1.807) is 0 Å². The number of imidazole rings is 1. The van der Waals surface area contributed by atoms with Crippen LogP contribution in [0.3, 0.4) is 0 Å². The first kappa shape index (κ1) is 24.4. The Balaban J connectivity index is 2.51. The average Bonchev–Trinajstić information content (AvgIpc) is 3.15. The van der Waals surface area contributed by atoms with Crippen LogP contribution in [0.4, 0.5) is 0 Å². The van der Waals surface area contributed by atoms with Gasteiger partial charge in [0.2, 0.25) is 17.7 Å². The number of aromatic nitrogens is 2. The molecular formula is C17H28N6O5S. The molecule has 0 saturated heterocycles. The number of nitrogens with zero attached hydrogens (tertiary/aromatic N) is 1. The summed E-state index contributed by atoms with van der Waals surface area (Å²) in [5.74, 6) is -2.80. The van der Waals surface area contributed by atoms with Gasteiger partial charge in [0.25, 0.3) is 0 Å². The Hall–Kier alpha value is -2.60. The number of amides is 3. The summed E-state index contributed by atoms with van der Waals surface area (Å²) in [4.78, 5) is 54.1. The van der Waals surface area contributed by atoms with Crippen molar-refractivity contribution in [3.05, 3.63) is 18.2 Å². The van der Waals surface area contributed by atoms with Gasteiger partial charge in [-0.1, -0.05) is 13.8 Å². The largest absolute Gasteiger partial charge is 0.480 e. The normalized spacial score (nSPS) is 14.0. The summed E-state index contributed by atoms with van der Waals surface area (Å²) < 4.78 is 0. The van der Waals surface area contributed by atoms with E-state index in [0.717, 1.165) is 0 Å². The summed E-state index contributed by atoms with van der Waals surface area (Å²) in [5.41, 5.74) is 6.33. The van der Waals surface area contributed by atoms with Gasteiger partial charge in [-0.2, -0.15) is 12.6 Å². The zero-order valence-corrected chi connectivity index (χ0v) is 17.2. The number of nitrogens with one attached hydrogen (secondary N) is 4. The van der Waals surface area contributed by atoms with Crippen molar-refractivity contribution in [2.24, 2.45) is 11.7 Å². The van der Waals surface area contributed by atoms with Gasteiger partial charge in [0.05, 0.1) is 18.9 Å². The van der Waals surface area contributed by atoms with Gasteiger partial charge in [0.1, 0.15) is 12.1 Å². The van der Waals surface area contributed by atoms with Crippen molar-refractivity contribution in [2.75, 3.05) is 12.3 Å². The second kappa shape index (κ2) is 12.1. The number of rotatable bonds is 12. The Kier molecular flexibility index (Phi) is 10.2. The molecular weight excluding hydrogens is 400 g/mol. The minimum atomic E-state index is -1.22. The molecule has 0 saturated carbocycles. The van der Waals surface area contributed by atoms with E-state index in [1.807, 2.05) is 13.8 Å². The number of carboxylic acids is 1. The van der Waals surface area contributed by atoms with Crippen LogP contribution in [-0.4, -0.2) is 69.2 Å². The summed E-state index contributed by atoms with van der Waals surface area (Å²) in [6, 6.07) is -2.92. The lowest BCUT2D eigenvalue weighted by atomic mass is 10.0. The summed E-state index contributed by atoms with van der Waals surface area (Å²) >= 11 is 4.04. The first-order valence-electron chi connectivity index (χ1n) is 9.08. The molecule has 1 heterocycles. The Bertz CT molecular complexity index is 696. The van der Waals surface area contributed by atoms with E-state index in [0.29, 0.717) is 12.1 Å². The van der Waals surface area contributed by atoms with Gasteiger partial charge < -0.3 is 31.8 Å². The second-order valence-corrected chi connectivity index (χ2v) is 7.30. The lowest BCUT2D eigenvalue weighted by Gasteiger charge is -2.20. The predicted molar refractivity (Wildman–Crippen MR) is 108 cm³/mol. The summed E-state index contributed by atoms with van der Waals surface area (Å²) in [7, 11) is 0. The number of aliphatic carboxylic acids is 1. The highest BCUT2D eigenvalue weighted by Gasteiger charge is 2.25. The zero-order valence-electron chi connectivity index (χ0n) is 16.3. The Morgan fingerprint density at radius 2 is 1.90 bits per heavy atom. The molecule has 0 aliphatic rings. The van der Waals surface area contributed by atoms with Crippen LogP contribution >= 0.6 is 12.6 Å². The van der Waals surface area contributed by atoms with Gasteiger partial charge in [0, 0.05) is 24.1 Å². The summed E-state index contributed by atoms with van der Waals surface area (Å²) in [5, 5.41) is 16.4. The lowest BCUT2D eigenvalue weighted by molar-refractivity contribution is -0.141. The topological polar surface area (TPSA) is 179 Å². The fourth-order valence-electron chi connectivity index (χ4n) is 2.44. The Morgan fingerprint density at radius 3 is 2.41 bits per heavy atom. The van der Waals surface area contributed by atoms with Gasteiger partial charge in [-0.25, -0.2) is 9.78 Å². The number of aromatic amines is 1. The van der Waals surface area contributed by atoms with Gasteiger partial charge in [-0.15, -0.1) is 0 Å². The van der Waals surface area contributed by atoms with Gasteiger partial charge >= 0.3 is 5.97 Å². The third-order valence-corrected chi connectivity index (χ3v) is 4.28. The minimum absolute atomic E-state index is 0.00513. The maximum absolute atomic E-state index is 12.2. The van der Waals surface area contributed by atoms with E-state index in [2.05, 4.69) is 38.5 Å². The molecule has 0 aromatic carbocycles. The van der Waals surface area contributed by atoms with Crippen molar-refractivity contribution in [3.8, 4) is 0 Å². The minimum Gasteiger partial charge on any atom is -0.480 e. The van der Waals surface area contributed by atoms with Crippen LogP contribution in [0, 0.1) is 5.92 Å². The number of hydrogen-bond acceptors (Lipinski definition) is 7. The van der Waals surface area contributed by atoms with E-state index in [9.17, 15) is 24.3 Å². The number of carboxylic acid groups (broad SMARTS) is 1. The highest BCUT2D eigenvalue weighted by Crippen LogP contribution is 2.03. The molecule has 0 fully saturated rings. The third kappa shape index (κ3) is 8.96. The molecule has 0 spiro atoms. The molecule has 1 aromatic heterocycles. The molecule has 3 amide bonds. The summed E-state index contributed by atoms with van der Waals surface area (Å²) in [6.45, 7) is 3.39. The van der Waals surface area contributed by atoms with Crippen LogP contribution in [0.5, 0.6) is 0 Å². The monoisotopic (exact) mass is 428 g/mol. The Labute approximate surface area is 174 Å². The van der Waals surface area contributed by atoms with Crippen LogP contribution in [0.15, 0.2) is 12.5 Å². The number of hydrogen-bond donors (Lipinski definition) is 7. The highest BCUT2D eigenvalue weighted by atomic mass is 32.1. The quantitative estimate of drug-likeness (QED) is 0.196. The predicted octanol–water partition coefficient (Wildman–Crippen LogP) is -1.57. The van der Waals surface area contributed by atoms with Crippen molar-refractivity contribution in [1.82, 2.24) is 25.9 Å². The third-order valence-electron chi connectivity index (χ3n) is 3.91. The molecule has 29 heavy (non-hydrogen) atoms. The van der Waals surface area contributed by atoms with Crippen LogP contribution in [0.25, 0.3) is 0 Å². The molecule has 162 valence electrons. The standard InChI is InChI=1S/C17H28N6O5S/c1-9(2)3-11(18)15(25)23-13(7-29)16(26)20-6-14(24)22-12(17(27)28)4-10-5-19-8-21-10/h5,8-9,11-13,29H,3-4,6-7,18H2,1-2H3,(H,19,21)(H,20,26)(H,22,24)(H,23,25)(H,27,28). The molecule has 7 N–H and O–H groups in total. The van der Waals surface area contributed by atoms with E-state index >= 15 is 0 Å². The van der Waals surface area contributed by atoms with E-state index in [4.69, 9.17) is 5.73 Å². The maximum atomic E-state index is 12.2. The molecule has 0 aliphatic carbocycles. The van der Waals surface area contributed by atoms with Crippen LogP contribution in [0.1, 0.15) is 26.0 Å². The number of H-pyrrole nitrogens is 1. The van der Waals surface area contributed by atoms with Crippen molar-refractivity contribution in [2.45, 2.75) is 44.8 Å². The number of carbonyl (C=O) groups excluding carboxylic acids is 3. The first-order valence-corrected chi connectivity index (χ1v) is 9.71. The molecule has 12 heteroatoms. The van der Waals surface area contributed by atoms with Crippen LogP contribution in [0.2, 0.25) is 0 Å². The molecule has 0 bridgehead atoms. The number of thiol groups is 1. The molecule has 3 atom stereocenters. The number of nitrogens with two attached hydrogens (primary N) is 1. The zero-order chi connectivity index (χ0) is 22.0. The number of carbonyl (C=O) groups is 4. The van der Waals surface area contributed by atoms with Crippen LogP contribution in [-0.2, 0) is 25.6 Å². The highest BCUT2D eigenvalue weighted by molar-refractivity contribution is 7.80. The molecule has 0 aliphatic heterocycles. The van der Waals surface area contributed by atoms with Crippen molar-refractivity contribution >= 4 is 36.3 Å². The second-order valence-electron chi connectivity index (χ2n) is 6.94. The fourth-order valence-corrected chi connectivity index (χ4v) is 2.70. The van der Waals surface area contributed by atoms with E-state index in [-0.39, 0.29) is 18.1 Å². The SMILES string of the molecule is CC(C)CC(N)C(=O)NC(CS)C(=O)NCC(=O)NC(Cc1cnc[nH]1)C(=O)O. The van der Waals surface area contributed by atoms with Crippen molar-refractivity contribution in [3.63, 3.8) is 0 Å². The molecule has 1 rings (SSSR count). The molecule has 0 radical (unpaired) electrons. The van der Waals surface area contributed by atoms with Crippen molar-refractivity contribution < 1.29 is 24.3 Å². The van der Waals surface area contributed by atoms with Crippen LogP contribution < -0.4 is 21.7 Å². The smallest absolute Gasteiger partial charge is 0.326 e. The fraction of sp³-hybridized carbons (Fsp3) is 0.588. The Morgan fingerprint density at radius 1 is 1.21 bits per heavy atom. The molecule has 1 aromatic rings. The molecule has 11 nitrogen and oxygen atoms in total. The van der Waals surface area contributed by atoms with Crippen molar-refractivity contribution in [1.29, 1.82) is 0 Å². The van der Waals surface area contributed by atoms with Gasteiger partial charge in [-0.3, -0.25) is 14.4 Å². The average molecular weight is 429 g/mol. The summed E-state index contributed by atoms with van der Waals surface area (Å²) in [6.07, 6.45) is 3.32. The lowest BCUT2D eigenvalue weighted by Crippen LogP contribution is -2.54. The maximum Gasteiger partial charge on any atom is 0.326 e. The molecule has 3 unspecified atom stereocenters. The van der Waals surface area contributed by atoms with Gasteiger partial charge in [0.15, 0.2) is 0 Å². The first-order chi connectivity index (χ1) is 13.6. The van der Waals surface area contributed by atoms with Gasteiger partial charge in [-0.05, 0) is 12.3 Å². The van der Waals surface area contributed by atoms with E-state index < -0.39 is 48.4 Å². The van der Waals surface area contributed by atoms with E-state index in [1.165, 1.54) is 12.5 Å².